The predicted molar refractivity (Wildman–Crippen MR) is 30.2 cm³/mol. The van der Waals surface area contributed by atoms with E-state index < -0.39 is 16.7 Å². The monoisotopic (exact) mass is 147 g/mol. The predicted octanol–water partition coefficient (Wildman–Crippen LogP) is 2.42. The van der Waals surface area contributed by atoms with Gasteiger partial charge in [0.2, 0.25) is 0 Å². The molecule has 1 aromatic rings. The van der Waals surface area contributed by atoms with Crippen LogP contribution in [-0.4, -0.2) is 0 Å². The van der Waals surface area contributed by atoms with E-state index >= 15 is 0 Å². The molecule has 0 aliphatic heterocycles. The van der Waals surface area contributed by atoms with E-state index in [4.69, 9.17) is 11.6 Å². The fourth-order valence-corrected chi connectivity index (χ4v) is 0.538. The molecule has 0 aliphatic rings. The van der Waals surface area contributed by atoms with Gasteiger partial charge in [0.1, 0.15) is 16.7 Å². The molecule has 1 rings (SSSR count). The molecule has 0 N–H and O–H groups in total. The quantitative estimate of drug-likeness (QED) is 0.495. The molecule has 0 saturated carbocycles. The summed E-state index contributed by atoms with van der Waals surface area (Å²) in [4.78, 5) is 0. The molecule has 9 heavy (non-hydrogen) atoms. The number of rotatable bonds is 0. The molecular weight excluding hydrogens is 146 g/mol. The van der Waals surface area contributed by atoms with Crippen molar-refractivity contribution < 1.29 is 8.78 Å². The van der Waals surface area contributed by atoms with Crippen molar-refractivity contribution in [2.45, 2.75) is 0 Å². The highest BCUT2D eigenvalue weighted by Crippen LogP contribution is 2.16. The second kappa shape index (κ2) is 2.31. The van der Waals surface area contributed by atoms with Crippen LogP contribution in [0.5, 0.6) is 0 Å². The molecule has 0 amide bonds. The Kier molecular flexibility index (Phi) is 1.67. The maximum Gasteiger partial charge on any atom is 0.145 e. The van der Waals surface area contributed by atoms with Gasteiger partial charge in [-0.05, 0) is 18.2 Å². The lowest BCUT2D eigenvalue weighted by atomic mass is 10.3. The zero-order valence-electron chi connectivity index (χ0n) is 4.29. The van der Waals surface area contributed by atoms with Gasteiger partial charge < -0.3 is 0 Å². The summed E-state index contributed by atoms with van der Waals surface area (Å²) in [6.07, 6.45) is 0. The minimum atomic E-state index is -0.781. The van der Waals surface area contributed by atoms with E-state index in [2.05, 4.69) is 6.07 Å². The van der Waals surface area contributed by atoms with Crippen molar-refractivity contribution in [1.29, 1.82) is 0 Å². The third-order valence-corrected chi connectivity index (χ3v) is 1.20. The van der Waals surface area contributed by atoms with Crippen LogP contribution in [0.15, 0.2) is 12.1 Å². The van der Waals surface area contributed by atoms with Gasteiger partial charge in [-0.15, -0.1) is 0 Å². The summed E-state index contributed by atoms with van der Waals surface area (Å²) in [7, 11) is 0. The summed E-state index contributed by atoms with van der Waals surface area (Å²) in [5.74, 6) is -1.56. The summed E-state index contributed by atoms with van der Waals surface area (Å²) in [6, 6.07) is 4.19. The lowest BCUT2D eigenvalue weighted by Gasteiger charge is -1.91. The molecule has 0 atom stereocenters. The van der Waals surface area contributed by atoms with Crippen molar-refractivity contribution in [3.05, 3.63) is 34.9 Å². The molecule has 0 fully saturated rings. The smallest absolute Gasteiger partial charge is 0.145 e. The lowest BCUT2D eigenvalue weighted by Crippen LogP contribution is -1.80. The number of benzene rings is 1. The van der Waals surface area contributed by atoms with Crippen molar-refractivity contribution in [1.82, 2.24) is 0 Å². The Labute approximate surface area is 56.1 Å². The Morgan fingerprint density at radius 3 is 2.00 bits per heavy atom. The highest BCUT2D eigenvalue weighted by molar-refractivity contribution is 6.30. The van der Waals surface area contributed by atoms with E-state index in [0.29, 0.717) is 0 Å². The van der Waals surface area contributed by atoms with Gasteiger partial charge in [-0.1, -0.05) is 11.6 Å². The van der Waals surface area contributed by atoms with Gasteiger partial charge in [0, 0.05) is 0 Å². The topological polar surface area (TPSA) is 0 Å². The molecule has 0 nitrogen and oxygen atoms in total. The van der Waals surface area contributed by atoms with Crippen molar-refractivity contribution in [3.8, 4) is 0 Å². The normalized spacial score (nSPS) is 9.67. The van der Waals surface area contributed by atoms with E-state index in [-0.39, 0.29) is 0 Å². The van der Waals surface area contributed by atoms with E-state index in [1.165, 1.54) is 0 Å². The second-order valence-electron chi connectivity index (χ2n) is 1.47. The molecule has 1 aromatic carbocycles. The first-order chi connectivity index (χ1) is 4.22. The molecule has 0 saturated heterocycles. The first kappa shape index (κ1) is 6.49. The summed E-state index contributed by atoms with van der Waals surface area (Å²) in [5.41, 5.74) is 0. The van der Waals surface area contributed by atoms with Crippen LogP contribution >= 0.6 is 11.6 Å². The largest absolute Gasteiger partial charge is 0.205 e. The Hall–Kier alpha value is -0.630. The Morgan fingerprint density at radius 1 is 1.22 bits per heavy atom. The molecule has 47 valence electrons. The fourth-order valence-electron chi connectivity index (χ4n) is 0.429. The number of hydrogen-bond donors (Lipinski definition) is 0. The Balaban J connectivity index is 3.25. The van der Waals surface area contributed by atoms with Crippen LogP contribution in [-0.2, 0) is 0 Å². The molecule has 0 heterocycles. The third-order valence-electron chi connectivity index (χ3n) is 0.839. The highest BCUT2D eigenvalue weighted by atomic mass is 35.5. The molecule has 0 unspecified atom stereocenters. The van der Waals surface area contributed by atoms with Gasteiger partial charge >= 0.3 is 0 Å². The van der Waals surface area contributed by atoms with Crippen molar-refractivity contribution in [3.63, 3.8) is 0 Å². The maximum atomic E-state index is 12.2. The standard InChI is InChI=1S/C6H2ClF2/c7-6-4(8)2-1-3-5(6)9/h2-3H. The van der Waals surface area contributed by atoms with Crippen LogP contribution in [0.25, 0.3) is 0 Å². The Bertz CT molecular complexity index is 202. The van der Waals surface area contributed by atoms with E-state index in [0.717, 1.165) is 12.1 Å². The third kappa shape index (κ3) is 1.19. The van der Waals surface area contributed by atoms with Crippen LogP contribution in [0, 0.1) is 17.7 Å². The molecule has 3 heteroatoms. The van der Waals surface area contributed by atoms with Crippen LogP contribution in [0.1, 0.15) is 0 Å². The van der Waals surface area contributed by atoms with Crippen LogP contribution in [0.3, 0.4) is 0 Å². The van der Waals surface area contributed by atoms with Crippen molar-refractivity contribution in [2.75, 3.05) is 0 Å². The van der Waals surface area contributed by atoms with Gasteiger partial charge in [-0.2, -0.15) is 0 Å². The van der Waals surface area contributed by atoms with Gasteiger partial charge in [-0.3, -0.25) is 0 Å². The second-order valence-corrected chi connectivity index (χ2v) is 1.84. The van der Waals surface area contributed by atoms with Crippen LogP contribution in [0.2, 0.25) is 5.02 Å². The molecule has 0 bridgehead atoms. The number of halogens is 3. The van der Waals surface area contributed by atoms with Crippen molar-refractivity contribution in [2.24, 2.45) is 0 Å². The molecule has 0 aromatic heterocycles. The summed E-state index contributed by atoms with van der Waals surface area (Å²) in [5, 5.41) is -0.478. The van der Waals surface area contributed by atoms with Gasteiger partial charge in [0.25, 0.3) is 0 Å². The van der Waals surface area contributed by atoms with Gasteiger partial charge in [0.05, 0.1) is 0 Å². The van der Waals surface area contributed by atoms with E-state index in [9.17, 15) is 8.78 Å². The first-order valence-corrected chi connectivity index (χ1v) is 2.60. The lowest BCUT2D eigenvalue weighted by molar-refractivity contribution is 0.583. The molecule has 0 spiro atoms. The molecule has 0 aliphatic carbocycles. The highest BCUT2D eigenvalue weighted by Gasteiger charge is 2.02. The fraction of sp³-hybridized carbons (Fsp3) is 0. The zero-order chi connectivity index (χ0) is 6.85. The summed E-state index contributed by atoms with van der Waals surface area (Å²) in [6.45, 7) is 0. The van der Waals surface area contributed by atoms with Crippen LogP contribution in [0.4, 0.5) is 8.78 Å². The van der Waals surface area contributed by atoms with E-state index in [1.54, 1.807) is 0 Å². The molecular formula is C6H2ClF2. The average Bonchev–Trinajstić information content (AvgIpc) is 1.83. The minimum absolute atomic E-state index is 0.478. The van der Waals surface area contributed by atoms with Crippen LogP contribution < -0.4 is 0 Å². The minimum Gasteiger partial charge on any atom is -0.205 e. The average molecular weight is 148 g/mol. The summed E-state index contributed by atoms with van der Waals surface area (Å²) >= 11 is 5.11. The summed E-state index contributed by atoms with van der Waals surface area (Å²) < 4.78 is 24.4. The molecule has 1 radical (unpaired) electrons. The van der Waals surface area contributed by atoms with E-state index in [1.807, 2.05) is 0 Å². The number of hydrogen-bond acceptors (Lipinski definition) is 0. The maximum absolute atomic E-state index is 12.2. The van der Waals surface area contributed by atoms with Gasteiger partial charge in [0.15, 0.2) is 0 Å². The first-order valence-electron chi connectivity index (χ1n) is 2.22. The zero-order valence-corrected chi connectivity index (χ0v) is 5.04. The van der Waals surface area contributed by atoms with Gasteiger partial charge in [-0.25, -0.2) is 8.78 Å². The SMILES string of the molecule is Fc1c[c]cc(F)c1Cl. The Morgan fingerprint density at radius 2 is 1.67 bits per heavy atom. The van der Waals surface area contributed by atoms with Crippen molar-refractivity contribution >= 4 is 11.6 Å².